The molecule has 2 aromatic heterocycles. The van der Waals surface area contributed by atoms with Crippen molar-refractivity contribution in [2.45, 2.75) is 19.8 Å². The highest BCUT2D eigenvalue weighted by molar-refractivity contribution is 5.79. The average molecular weight is 396 g/mol. The summed E-state index contributed by atoms with van der Waals surface area (Å²) in [5.41, 5.74) is 1.27. The van der Waals surface area contributed by atoms with E-state index in [4.69, 9.17) is 4.74 Å². The van der Waals surface area contributed by atoms with E-state index in [0.717, 1.165) is 11.0 Å². The molecule has 0 spiro atoms. The van der Waals surface area contributed by atoms with E-state index in [9.17, 15) is 14.9 Å². The lowest BCUT2D eigenvalue weighted by atomic mass is 9.97. The Kier molecular flexibility index (Phi) is 5.07. The van der Waals surface area contributed by atoms with Crippen LogP contribution in [0.3, 0.4) is 0 Å². The molecule has 10 nitrogen and oxygen atoms in total. The molecule has 3 aromatic rings. The maximum atomic E-state index is 12.0. The first-order valence-corrected chi connectivity index (χ1v) is 9.43. The SMILES string of the molecule is CCOC(=O)C1CCN(c2ncnc(-n3cnc4ccccc43)c2[N+](=O)[O-])CC1. The molecular formula is C19H20N6O4. The third kappa shape index (κ3) is 3.48. The maximum absolute atomic E-state index is 12.0. The van der Waals surface area contributed by atoms with Crippen LogP contribution in [0.2, 0.25) is 0 Å². The fourth-order valence-electron chi connectivity index (χ4n) is 3.65. The normalized spacial score (nSPS) is 14.9. The van der Waals surface area contributed by atoms with Crippen molar-refractivity contribution >= 4 is 28.5 Å². The second-order valence-electron chi connectivity index (χ2n) is 6.74. The zero-order chi connectivity index (χ0) is 20.4. The topological polar surface area (TPSA) is 116 Å². The number of hydrogen-bond donors (Lipinski definition) is 0. The van der Waals surface area contributed by atoms with Crippen LogP contribution in [-0.4, -0.2) is 50.1 Å². The minimum absolute atomic E-state index is 0.168. The number of ether oxygens (including phenoxy) is 1. The van der Waals surface area contributed by atoms with E-state index in [1.54, 1.807) is 11.5 Å². The Labute approximate surface area is 166 Å². The predicted octanol–water partition coefficient (Wildman–Crippen LogP) is 2.50. The smallest absolute Gasteiger partial charge is 0.354 e. The van der Waals surface area contributed by atoms with Crippen molar-refractivity contribution in [1.82, 2.24) is 19.5 Å². The summed E-state index contributed by atoms with van der Waals surface area (Å²) in [6, 6.07) is 7.36. The molecule has 1 aromatic carbocycles. The van der Waals surface area contributed by atoms with Gasteiger partial charge in [0.15, 0.2) is 0 Å². The van der Waals surface area contributed by atoms with Crippen LogP contribution >= 0.6 is 0 Å². The van der Waals surface area contributed by atoms with Crippen molar-refractivity contribution in [2.24, 2.45) is 5.92 Å². The number of aromatic nitrogens is 4. The summed E-state index contributed by atoms with van der Waals surface area (Å²) < 4.78 is 6.69. The van der Waals surface area contributed by atoms with Crippen LogP contribution in [0.25, 0.3) is 16.9 Å². The molecule has 1 aliphatic heterocycles. The van der Waals surface area contributed by atoms with Gasteiger partial charge < -0.3 is 9.64 Å². The molecule has 0 aliphatic carbocycles. The molecular weight excluding hydrogens is 376 g/mol. The van der Waals surface area contributed by atoms with Gasteiger partial charge in [-0.25, -0.2) is 15.0 Å². The Morgan fingerprint density at radius 2 is 1.93 bits per heavy atom. The van der Waals surface area contributed by atoms with E-state index in [2.05, 4.69) is 15.0 Å². The number of piperidine rings is 1. The second kappa shape index (κ2) is 7.82. The molecule has 0 bridgehead atoms. The summed E-state index contributed by atoms with van der Waals surface area (Å²) in [5.74, 6) is 0.0142. The number of esters is 1. The molecule has 0 saturated carbocycles. The standard InChI is InChI=1S/C19H20N6O4/c1-2-29-19(26)13-7-9-23(10-8-13)17-16(25(27)28)18(21-11-20-17)24-12-22-14-5-3-4-6-15(14)24/h3-6,11-13H,2,7-10H2,1H3. The zero-order valence-electron chi connectivity index (χ0n) is 15.9. The molecule has 4 rings (SSSR count). The molecule has 150 valence electrons. The summed E-state index contributed by atoms with van der Waals surface area (Å²) in [6.45, 7) is 3.08. The number of rotatable bonds is 5. The van der Waals surface area contributed by atoms with Gasteiger partial charge in [0.1, 0.15) is 12.7 Å². The molecule has 0 N–H and O–H groups in total. The first kappa shape index (κ1) is 18.8. The van der Waals surface area contributed by atoms with Gasteiger partial charge in [-0.05, 0) is 31.9 Å². The minimum Gasteiger partial charge on any atom is -0.466 e. The Balaban J connectivity index is 1.68. The van der Waals surface area contributed by atoms with Crippen molar-refractivity contribution in [3.8, 4) is 5.82 Å². The van der Waals surface area contributed by atoms with Crippen LogP contribution in [0.4, 0.5) is 11.5 Å². The lowest BCUT2D eigenvalue weighted by Crippen LogP contribution is -2.38. The van der Waals surface area contributed by atoms with Crippen molar-refractivity contribution in [3.63, 3.8) is 0 Å². The zero-order valence-corrected chi connectivity index (χ0v) is 15.9. The highest BCUT2D eigenvalue weighted by atomic mass is 16.6. The van der Waals surface area contributed by atoms with Gasteiger partial charge in [-0.3, -0.25) is 19.5 Å². The van der Waals surface area contributed by atoms with Gasteiger partial charge in [-0.15, -0.1) is 0 Å². The first-order valence-electron chi connectivity index (χ1n) is 9.43. The Morgan fingerprint density at radius 3 is 2.66 bits per heavy atom. The summed E-state index contributed by atoms with van der Waals surface area (Å²) in [5, 5.41) is 12.0. The summed E-state index contributed by atoms with van der Waals surface area (Å²) in [6.07, 6.45) is 3.97. The molecule has 0 amide bonds. The number of carbonyl (C=O) groups is 1. The molecule has 1 aliphatic rings. The Hall–Kier alpha value is -3.56. The lowest BCUT2D eigenvalue weighted by Gasteiger charge is -2.31. The number of anilines is 1. The van der Waals surface area contributed by atoms with Gasteiger partial charge in [0, 0.05) is 13.1 Å². The molecule has 3 heterocycles. The van der Waals surface area contributed by atoms with Crippen LogP contribution in [0.1, 0.15) is 19.8 Å². The van der Waals surface area contributed by atoms with Crippen molar-refractivity contribution in [1.29, 1.82) is 0 Å². The molecule has 1 fully saturated rings. The molecule has 0 radical (unpaired) electrons. The van der Waals surface area contributed by atoms with E-state index in [1.807, 2.05) is 29.2 Å². The number of nitrogens with zero attached hydrogens (tertiary/aromatic N) is 6. The average Bonchev–Trinajstić information content (AvgIpc) is 3.17. The highest BCUT2D eigenvalue weighted by Gasteiger charge is 2.33. The monoisotopic (exact) mass is 396 g/mol. The number of hydrogen-bond acceptors (Lipinski definition) is 8. The third-order valence-corrected chi connectivity index (χ3v) is 5.06. The molecule has 0 atom stereocenters. The fourth-order valence-corrected chi connectivity index (χ4v) is 3.65. The highest BCUT2D eigenvalue weighted by Crippen LogP contribution is 2.34. The molecule has 0 unspecified atom stereocenters. The van der Waals surface area contributed by atoms with Crippen LogP contribution < -0.4 is 4.90 Å². The van der Waals surface area contributed by atoms with Gasteiger partial charge in [0.25, 0.3) is 0 Å². The van der Waals surface area contributed by atoms with E-state index in [0.29, 0.717) is 32.5 Å². The van der Waals surface area contributed by atoms with Gasteiger partial charge in [-0.2, -0.15) is 0 Å². The van der Waals surface area contributed by atoms with Gasteiger partial charge in [0.2, 0.25) is 11.6 Å². The number of fused-ring (bicyclic) bond motifs is 1. The quantitative estimate of drug-likeness (QED) is 0.367. The predicted molar refractivity (Wildman–Crippen MR) is 105 cm³/mol. The van der Waals surface area contributed by atoms with Crippen LogP contribution in [0.15, 0.2) is 36.9 Å². The third-order valence-electron chi connectivity index (χ3n) is 5.06. The Bertz CT molecular complexity index is 1060. The van der Waals surface area contributed by atoms with Crippen LogP contribution in [0, 0.1) is 16.0 Å². The van der Waals surface area contributed by atoms with Crippen molar-refractivity contribution in [2.75, 3.05) is 24.6 Å². The summed E-state index contributed by atoms with van der Waals surface area (Å²) in [7, 11) is 0. The maximum Gasteiger partial charge on any atom is 0.354 e. The number of para-hydroxylation sites is 2. The van der Waals surface area contributed by atoms with Crippen molar-refractivity contribution in [3.05, 3.63) is 47.0 Å². The molecule has 1 saturated heterocycles. The summed E-state index contributed by atoms with van der Waals surface area (Å²) >= 11 is 0. The van der Waals surface area contributed by atoms with Crippen LogP contribution in [-0.2, 0) is 9.53 Å². The minimum atomic E-state index is -0.461. The van der Waals surface area contributed by atoms with Crippen molar-refractivity contribution < 1.29 is 14.5 Å². The second-order valence-corrected chi connectivity index (χ2v) is 6.74. The summed E-state index contributed by atoms with van der Waals surface area (Å²) in [4.78, 5) is 38.0. The lowest BCUT2D eigenvalue weighted by molar-refractivity contribution is -0.384. The fraction of sp³-hybridized carbons (Fsp3) is 0.368. The number of benzene rings is 1. The molecule has 10 heteroatoms. The van der Waals surface area contributed by atoms with E-state index in [-0.39, 0.29) is 29.2 Å². The van der Waals surface area contributed by atoms with Gasteiger partial charge in [-0.1, -0.05) is 12.1 Å². The number of imidazole rings is 1. The number of nitro groups is 1. The van der Waals surface area contributed by atoms with Gasteiger partial charge in [0.05, 0.1) is 28.5 Å². The molecule has 29 heavy (non-hydrogen) atoms. The van der Waals surface area contributed by atoms with E-state index in [1.165, 1.54) is 12.7 Å². The Morgan fingerprint density at radius 1 is 1.21 bits per heavy atom. The van der Waals surface area contributed by atoms with E-state index >= 15 is 0 Å². The van der Waals surface area contributed by atoms with Gasteiger partial charge >= 0.3 is 11.7 Å². The van der Waals surface area contributed by atoms with Crippen LogP contribution in [0.5, 0.6) is 0 Å². The largest absolute Gasteiger partial charge is 0.466 e. The number of carbonyl (C=O) groups excluding carboxylic acids is 1. The van der Waals surface area contributed by atoms with E-state index < -0.39 is 4.92 Å². The first-order chi connectivity index (χ1) is 14.1.